The molecule has 0 spiro atoms. The van der Waals surface area contributed by atoms with E-state index in [4.69, 9.17) is 4.74 Å². The lowest BCUT2D eigenvalue weighted by molar-refractivity contribution is -0.164. The van der Waals surface area contributed by atoms with E-state index in [1.807, 2.05) is 6.92 Å². The third-order valence-corrected chi connectivity index (χ3v) is 6.87. The van der Waals surface area contributed by atoms with Gasteiger partial charge in [0.05, 0.1) is 0 Å². The third-order valence-electron chi connectivity index (χ3n) is 3.49. The first-order valence-corrected chi connectivity index (χ1v) is 10.5. The SMILES string of the molecule is Cc1nnc(SCC2=C(C(=O)OC(C)(C)C)N3C(=O)[C@@H](O)[C@H]3SC2)s1. The molecule has 10 heteroatoms. The number of β-lactam (4-membered cyclic amide) rings is 1. The Morgan fingerprint density at radius 2 is 2.16 bits per heavy atom. The highest BCUT2D eigenvalue weighted by atomic mass is 32.2. The first-order valence-electron chi connectivity index (χ1n) is 7.68. The molecule has 1 saturated heterocycles. The Bertz CT molecular complexity index is 741. The van der Waals surface area contributed by atoms with Crippen LogP contribution in [0.1, 0.15) is 25.8 Å². The van der Waals surface area contributed by atoms with Gasteiger partial charge in [-0.1, -0.05) is 23.1 Å². The second-order valence-corrected chi connectivity index (χ2v) is 10.2. The molecule has 3 heterocycles. The molecule has 1 fully saturated rings. The molecule has 1 aromatic rings. The highest BCUT2D eigenvalue weighted by Crippen LogP contribution is 2.42. The number of aromatic nitrogens is 2. The zero-order valence-corrected chi connectivity index (χ0v) is 16.8. The highest BCUT2D eigenvalue weighted by Gasteiger charge is 2.53. The van der Waals surface area contributed by atoms with Crippen molar-refractivity contribution < 1.29 is 19.4 Å². The van der Waals surface area contributed by atoms with Crippen molar-refractivity contribution in [2.24, 2.45) is 0 Å². The Morgan fingerprint density at radius 3 is 2.76 bits per heavy atom. The van der Waals surface area contributed by atoms with E-state index in [1.165, 1.54) is 39.8 Å². The zero-order chi connectivity index (χ0) is 18.4. The van der Waals surface area contributed by atoms with Gasteiger partial charge in [0.15, 0.2) is 10.4 Å². The molecule has 2 aliphatic rings. The van der Waals surface area contributed by atoms with Crippen LogP contribution in [0.5, 0.6) is 0 Å². The van der Waals surface area contributed by atoms with E-state index in [-0.39, 0.29) is 5.70 Å². The van der Waals surface area contributed by atoms with E-state index in [0.717, 1.165) is 14.9 Å². The summed E-state index contributed by atoms with van der Waals surface area (Å²) in [4.78, 5) is 26.1. The molecule has 0 aromatic carbocycles. The van der Waals surface area contributed by atoms with Crippen LogP contribution in [0.25, 0.3) is 0 Å². The summed E-state index contributed by atoms with van der Waals surface area (Å²) in [6, 6.07) is 0. The highest BCUT2D eigenvalue weighted by molar-refractivity contribution is 8.01. The van der Waals surface area contributed by atoms with Gasteiger partial charge >= 0.3 is 5.97 Å². The molecule has 25 heavy (non-hydrogen) atoms. The van der Waals surface area contributed by atoms with Crippen molar-refractivity contribution >= 4 is 46.7 Å². The van der Waals surface area contributed by atoms with Crippen molar-refractivity contribution in [1.82, 2.24) is 15.1 Å². The number of ether oxygens (including phenoxy) is 1. The van der Waals surface area contributed by atoms with Crippen molar-refractivity contribution in [3.05, 3.63) is 16.3 Å². The standard InChI is InChI=1S/C15H19N3O4S3/c1-7-16-17-14(25-7)24-6-8-5-23-12-10(19)11(20)18(12)9(8)13(21)22-15(2,3)4/h10,12,19H,5-6H2,1-4H3/t10-,12-/m1/s1. The minimum Gasteiger partial charge on any atom is -0.455 e. The number of rotatable bonds is 4. The van der Waals surface area contributed by atoms with Crippen LogP contribution in [0.4, 0.5) is 0 Å². The molecule has 136 valence electrons. The van der Waals surface area contributed by atoms with Crippen molar-refractivity contribution in [3.8, 4) is 0 Å². The number of esters is 1. The summed E-state index contributed by atoms with van der Waals surface area (Å²) in [5.41, 5.74) is 0.419. The van der Waals surface area contributed by atoms with Gasteiger partial charge in [0, 0.05) is 11.5 Å². The van der Waals surface area contributed by atoms with Crippen molar-refractivity contribution in [2.45, 2.75) is 49.1 Å². The quantitative estimate of drug-likeness (QED) is 0.464. The van der Waals surface area contributed by atoms with E-state index in [2.05, 4.69) is 10.2 Å². The molecular weight excluding hydrogens is 382 g/mol. The number of aliphatic hydroxyl groups is 1. The molecule has 1 N–H and O–H groups in total. The van der Waals surface area contributed by atoms with Gasteiger partial charge in [-0.15, -0.1) is 22.0 Å². The minimum atomic E-state index is -1.05. The van der Waals surface area contributed by atoms with Crippen LogP contribution in [-0.2, 0) is 14.3 Å². The molecule has 1 aromatic heterocycles. The Kier molecular flexibility index (Phi) is 5.16. The smallest absolute Gasteiger partial charge is 0.355 e. The van der Waals surface area contributed by atoms with Gasteiger partial charge in [-0.25, -0.2) is 4.79 Å². The largest absolute Gasteiger partial charge is 0.455 e. The molecule has 0 aliphatic carbocycles. The fourth-order valence-electron chi connectivity index (χ4n) is 2.44. The number of carbonyl (C=O) groups excluding carboxylic acids is 2. The molecule has 1 amide bonds. The molecular formula is C15H19N3O4S3. The van der Waals surface area contributed by atoms with Gasteiger partial charge in [-0.05, 0) is 33.3 Å². The summed E-state index contributed by atoms with van der Waals surface area (Å²) in [6.07, 6.45) is -1.05. The Hall–Kier alpha value is -1.10. The maximum atomic E-state index is 12.7. The number of hydrogen-bond acceptors (Lipinski definition) is 9. The number of aryl methyl sites for hydroxylation is 1. The number of aliphatic hydroxyl groups excluding tert-OH is 1. The lowest BCUT2D eigenvalue weighted by atomic mass is 10.1. The fourth-order valence-corrected chi connectivity index (χ4v) is 5.66. The maximum Gasteiger partial charge on any atom is 0.355 e. The zero-order valence-electron chi connectivity index (χ0n) is 14.3. The summed E-state index contributed by atoms with van der Waals surface area (Å²) >= 11 is 4.42. The van der Waals surface area contributed by atoms with Crippen LogP contribution in [-0.4, -0.2) is 60.7 Å². The predicted octanol–water partition coefficient (Wildman–Crippen LogP) is 1.81. The van der Waals surface area contributed by atoms with Gasteiger partial charge in [-0.2, -0.15) is 0 Å². The van der Waals surface area contributed by atoms with E-state index < -0.39 is 29.0 Å². The molecule has 0 bridgehead atoms. The van der Waals surface area contributed by atoms with Crippen LogP contribution in [0, 0.1) is 6.92 Å². The van der Waals surface area contributed by atoms with Gasteiger partial charge < -0.3 is 9.84 Å². The van der Waals surface area contributed by atoms with Crippen LogP contribution < -0.4 is 0 Å². The van der Waals surface area contributed by atoms with Crippen LogP contribution in [0.3, 0.4) is 0 Å². The molecule has 0 unspecified atom stereocenters. The van der Waals surface area contributed by atoms with Crippen LogP contribution >= 0.6 is 34.9 Å². The topological polar surface area (TPSA) is 92.6 Å². The molecule has 2 aliphatic heterocycles. The third kappa shape index (κ3) is 3.86. The average Bonchev–Trinajstić information content (AvgIpc) is 2.95. The molecule has 0 saturated carbocycles. The van der Waals surface area contributed by atoms with Crippen molar-refractivity contribution in [3.63, 3.8) is 0 Å². The summed E-state index contributed by atoms with van der Waals surface area (Å²) in [6.45, 7) is 7.23. The molecule has 0 radical (unpaired) electrons. The van der Waals surface area contributed by atoms with E-state index in [0.29, 0.717) is 11.5 Å². The number of nitrogens with zero attached hydrogens (tertiary/aromatic N) is 3. The van der Waals surface area contributed by atoms with Crippen LogP contribution in [0.2, 0.25) is 0 Å². The van der Waals surface area contributed by atoms with Gasteiger partial charge in [0.25, 0.3) is 5.91 Å². The van der Waals surface area contributed by atoms with Gasteiger partial charge in [-0.3, -0.25) is 9.69 Å². The number of fused-ring (bicyclic) bond motifs is 1. The summed E-state index contributed by atoms with van der Waals surface area (Å²) in [5.74, 6) is 0.0997. The summed E-state index contributed by atoms with van der Waals surface area (Å²) in [5, 5.41) is 18.4. The number of hydrogen-bond donors (Lipinski definition) is 1. The van der Waals surface area contributed by atoms with E-state index >= 15 is 0 Å². The number of thioether (sulfide) groups is 2. The van der Waals surface area contributed by atoms with E-state index in [1.54, 1.807) is 20.8 Å². The number of carbonyl (C=O) groups is 2. The van der Waals surface area contributed by atoms with Crippen molar-refractivity contribution in [2.75, 3.05) is 11.5 Å². The first kappa shape index (κ1) is 18.7. The summed E-state index contributed by atoms with van der Waals surface area (Å²) in [7, 11) is 0. The predicted molar refractivity (Wildman–Crippen MR) is 97.3 cm³/mol. The van der Waals surface area contributed by atoms with Gasteiger partial charge in [0.2, 0.25) is 0 Å². The molecule has 2 atom stereocenters. The molecule has 7 nitrogen and oxygen atoms in total. The minimum absolute atomic E-state index is 0.266. The number of amides is 1. The lowest BCUT2D eigenvalue weighted by Gasteiger charge is -2.47. The maximum absolute atomic E-state index is 12.7. The fraction of sp³-hybridized carbons (Fsp3) is 0.600. The van der Waals surface area contributed by atoms with E-state index in [9.17, 15) is 14.7 Å². The average molecular weight is 402 g/mol. The molecule has 3 rings (SSSR count). The second-order valence-electron chi connectivity index (χ2n) is 6.68. The lowest BCUT2D eigenvalue weighted by Crippen LogP contribution is -2.65. The normalized spacial score (nSPS) is 23.4. The van der Waals surface area contributed by atoms with Crippen molar-refractivity contribution in [1.29, 1.82) is 0 Å². The van der Waals surface area contributed by atoms with Crippen LogP contribution in [0.15, 0.2) is 15.6 Å². The Balaban J connectivity index is 1.85. The summed E-state index contributed by atoms with van der Waals surface area (Å²) < 4.78 is 6.30. The second kappa shape index (κ2) is 6.90. The van der Waals surface area contributed by atoms with Gasteiger partial charge in [0.1, 0.15) is 21.7 Å². The monoisotopic (exact) mass is 401 g/mol. The Labute approximate surface area is 158 Å². The Morgan fingerprint density at radius 1 is 1.44 bits per heavy atom. The first-order chi connectivity index (χ1) is 11.7.